The molecule has 0 aromatic rings. The van der Waals surface area contributed by atoms with Crippen molar-refractivity contribution < 1.29 is 19.4 Å². The number of aliphatic hydroxyl groups is 1. The van der Waals surface area contributed by atoms with E-state index in [9.17, 15) is 9.90 Å². The van der Waals surface area contributed by atoms with E-state index in [1.165, 1.54) is 12.2 Å². The molecule has 0 aliphatic carbocycles. The average Bonchev–Trinajstić information content (AvgIpc) is 2.89. The summed E-state index contributed by atoms with van der Waals surface area (Å²) in [4.78, 5) is 11.1. The Morgan fingerprint density at radius 1 is 1.36 bits per heavy atom. The Labute approximate surface area is 81.8 Å². The number of ether oxygens (including phenoxy) is 2. The van der Waals surface area contributed by atoms with Gasteiger partial charge in [-0.3, -0.25) is 0 Å². The Hall–Kier alpha value is -1.13. The zero-order valence-electron chi connectivity index (χ0n) is 7.79. The van der Waals surface area contributed by atoms with Crippen molar-refractivity contribution in [1.82, 2.24) is 0 Å². The SMILES string of the molecule is CC1OC(=O)C=CC(O)C=CC2OC12. The van der Waals surface area contributed by atoms with E-state index in [4.69, 9.17) is 9.47 Å². The number of carbonyl (C=O) groups excluding carboxylic acids is 1. The molecule has 1 N–H and O–H groups in total. The van der Waals surface area contributed by atoms with E-state index in [0.717, 1.165) is 0 Å². The first-order valence-electron chi connectivity index (χ1n) is 4.57. The second-order valence-corrected chi connectivity index (χ2v) is 3.44. The van der Waals surface area contributed by atoms with E-state index in [0.29, 0.717) is 0 Å². The standard InChI is InChI=1S/C10H12O4/c1-6-10-8(14-10)4-2-7(11)3-5-9(12)13-6/h2-8,10-11H,1H3. The number of fused-ring (bicyclic) bond motifs is 1. The van der Waals surface area contributed by atoms with Crippen molar-refractivity contribution >= 4 is 5.97 Å². The van der Waals surface area contributed by atoms with Crippen LogP contribution in [0.5, 0.6) is 0 Å². The van der Waals surface area contributed by atoms with E-state index in [2.05, 4.69) is 0 Å². The first kappa shape index (κ1) is 9.43. The van der Waals surface area contributed by atoms with Gasteiger partial charge in [-0.1, -0.05) is 12.2 Å². The molecule has 0 spiro atoms. The van der Waals surface area contributed by atoms with Gasteiger partial charge in [-0.15, -0.1) is 0 Å². The summed E-state index contributed by atoms with van der Waals surface area (Å²) in [6.07, 6.45) is 4.93. The molecule has 1 saturated heterocycles. The Morgan fingerprint density at radius 3 is 2.93 bits per heavy atom. The lowest BCUT2D eigenvalue weighted by atomic mass is 10.2. The minimum absolute atomic E-state index is 0.0288. The topological polar surface area (TPSA) is 59.1 Å². The first-order valence-corrected chi connectivity index (χ1v) is 4.57. The molecule has 0 aromatic carbocycles. The highest BCUT2D eigenvalue weighted by atomic mass is 16.6. The Balaban J connectivity index is 2.11. The molecule has 76 valence electrons. The van der Waals surface area contributed by atoms with Gasteiger partial charge in [0.2, 0.25) is 0 Å². The van der Waals surface area contributed by atoms with Crippen LogP contribution in [-0.4, -0.2) is 35.5 Å². The van der Waals surface area contributed by atoms with Crippen LogP contribution in [0.4, 0.5) is 0 Å². The fourth-order valence-electron chi connectivity index (χ4n) is 1.42. The fraction of sp³-hybridized carbons (Fsp3) is 0.500. The number of hydrogen-bond acceptors (Lipinski definition) is 4. The van der Waals surface area contributed by atoms with Gasteiger partial charge in [0, 0.05) is 6.08 Å². The lowest BCUT2D eigenvalue weighted by Crippen LogP contribution is -2.21. The number of carbonyl (C=O) groups is 1. The van der Waals surface area contributed by atoms with Crippen molar-refractivity contribution in [1.29, 1.82) is 0 Å². The number of epoxide rings is 1. The van der Waals surface area contributed by atoms with Crippen molar-refractivity contribution in [3.8, 4) is 0 Å². The summed E-state index contributed by atoms with van der Waals surface area (Å²) < 4.78 is 10.3. The maximum absolute atomic E-state index is 11.1. The molecular formula is C10H12O4. The summed E-state index contributed by atoms with van der Waals surface area (Å²) in [7, 11) is 0. The third-order valence-corrected chi connectivity index (χ3v) is 2.25. The van der Waals surface area contributed by atoms with Crippen LogP contribution in [0.1, 0.15) is 6.92 Å². The minimum atomic E-state index is -0.749. The van der Waals surface area contributed by atoms with E-state index >= 15 is 0 Å². The quantitative estimate of drug-likeness (QED) is 0.341. The number of cyclic esters (lactones) is 1. The number of esters is 1. The van der Waals surface area contributed by atoms with Gasteiger partial charge >= 0.3 is 5.97 Å². The Bertz CT molecular complexity index is 294. The van der Waals surface area contributed by atoms with Crippen LogP contribution in [-0.2, 0) is 14.3 Å². The second kappa shape index (κ2) is 3.55. The average molecular weight is 196 g/mol. The zero-order valence-corrected chi connectivity index (χ0v) is 7.79. The largest absolute Gasteiger partial charge is 0.457 e. The summed E-state index contributed by atoms with van der Waals surface area (Å²) in [5.41, 5.74) is 0. The lowest BCUT2D eigenvalue weighted by molar-refractivity contribution is -0.143. The first-order chi connectivity index (χ1) is 6.66. The van der Waals surface area contributed by atoms with Crippen molar-refractivity contribution in [2.75, 3.05) is 0 Å². The molecule has 2 aliphatic heterocycles. The predicted octanol–water partition coefficient (Wildman–Crippen LogP) is 0.172. The maximum atomic E-state index is 11.1. The van der Waals surface area contributed by atoms with Gasteiger partial charge < -0.3 is 14.6 Å². The van der Waals surface area contributed by atoms with Crippen LogP contribution in [0.15, 0.2) is 24.3 Å². The van der Waals surface area contributed by atoms with Gasteiger partial charge in [-0.05, 0) is 13.0 Å². The summed E-state index contributed by atoms with van der Waals surface area (Å²) >= 11 is 0. The van der Waals surface area contributed by atoms with Crippen molar-refractivity contribution in [3.63, 3.8) is 0 Å². The highest BCUT2D eigenvalue weighted by Gasteiger charge is 2.43. The molecule has 0 amide bonds. The Morgan fingerprint density at radius 2 is 2.14 bits per heavy atom. The van der Waals surface area contributed by atoms with Gasteiger partial charge in [0.15, 0.2) is 0 Å². The number of hydrogen-bond donors (Lipinski definition) is 1. The molecule has 4 atom stereocenters. The van der Waals surface area contributed by atoms with E-state index in [-0.39, 0.29) is 18.3 Å². The normalized spacial score (nSPS) is 41.4. The molecule has 0 saturated carbocycles. The maximum Gasteiger partial charge on any atom is 0.330 e. The zero-order chi connectivity index (χ0) is 10.1. The molecule has 2 aliphatic rings. The predicted molar refractivity (Wildman–Crippen MR) is 48.5 cm³/mol. The molecule has 4 heteroatoms. The van der Waals surface area contributed by atoms with Crippen molar-refractivity contribution in [2.24, 2.45) is 0 Å². The molecule has 14 heavy (non-hydrogen) atoms. The van der Waals surface area contributed by atoms with Crippen LogP contribution in [0.3, 0.4) is 0 Å². The minimum Gasteiger partial charge on any atom is -0.457 e. The molecule has 4 nitrogen and oxygen atoms in total. The molecular weight excluding hydrogens is 184 g/mol. The van der Waals surface area contributed by atoms with Gasteiger partial charge in [-0.2, -0.15) is 0 Å². The van der Waals surface area contributed by atoms with E-state index in [1.54, 1.807) is 19.1 Å². The van der Waals surface area contributed by atoms with Crippen LogP contribution in [0.25, 0.3) is 0 Å². The molecule has 2 heterocycles. The molecule has 0 bridgehead atoms. The van der Waals surface area contributed by atoms with Gasteiger partial charge in [-0.25, -0.2) is 4.79 Å². The van der Waals surface area contributed by atoms with Gasteiger partial charge in [0.1, 0.15) is 18.3 Å². The highest BCUT2D eigenvalue weighted by molar-refractivity contribution is 5.82. The third-order valence-electron chi connectivity index (χ3n) is 2.25. The summed E-state index contributed by atoms with van der Waals surface area (Å²) in [6.45, 7) is 1.79. The summed E-state index contributed by atoms with van der Waals surface area (Å²) in [5, 5.41) is 9.31. The molecule has 4 unspecified atom stereocenters. The summed E-state index contributed by atoms with van der Waals surface area (Å²) in [6, 6.07) is 0. The smallest absolute Gasteiger partial charge is 0.330 e. The molecule has 2 rings (SSSR count). The Kier molecular flexibility index (Phi) is 2.39. The fourth-order valence-corrected chi connectivity index (χ4v) is 1.42. The number of aliphatic hydroxyl groups excluding tert-OH is 1. The van der Waals surface area contributed by atoms with Crippen LogP contribution >= 0.6 is 0 Å². The monoisotopic (exact) mass is 196 g/mol. The second-order valence-electron chi connectivity index (χ2n) is 3.44. The van der Waals surface area contributed by atoms with Gasteiger partial charge in [0.05, 0.1) is 6.10 Å². The number of rotatable bonds is 0. The highest BCUT2D eigenvalue weighted by Crippen LogP contribution is 2.28. The van der Waals surface area contributed by atoms with Crippen LogP contribution in [0, 0.1) is 0 Å². The lowest BCUT2D eigenvalue weighted by Gasteiger charge is -2.09. The molecule has 0 aromatic heterocycles. The van der Waals surface area contributed by atoms with Gasteiger partial charge in [0.25, 0.3) is 0 Å². The molecule has 1 fully saturated rings. The summed E-state index contributed by atoms with van der Waals surface area (Å²) in [5.74, 6) is -0.443. The van der Waals surface area contributed by atoms with E-state index in [1.807, 2.05) is 0 Å². The van der Waals surface area contributed by atoms with Crippen molar-refractivity contribution in [3.05, 3.63) is 24.3 Å². The van der Waals surface area contributed by atoms with Crippen LogP contribution < -0.4 is 0 Å². The molecule has 0 radical (unpaired) electrons. The van der Waals surface area contributed by atoms with Crippen LogP contribution in [0.2, 0.25) is 0 Å². The van der Waals surface area contributed by atoms with E-state index < -0.39 is 12.1 Å². The third kappa shape index (κ3) is 2.02. The van der Waals surface area contributed by atoms with Crippen molar-refractivity contribution in [2.45, 2.75) is 31.3 Å².